The van der Waals surface area contributed by atoms with Crippen molar-refractivity contribution in [2.24, 2.45) is 12.5 Å². The Morgan fingerprint density at radius 3 is 2.57 bits per heavy atom. The summed E-state index contributed by atoms with van der Waals surface area (Å²) < 4.78 is 1.78. The number of aromatic nitrogens is 2. The Bertz CT molecular complexity index is 348. The van der Waals surface area contributed by atoms with Gasteiger partial charge in [-0.15, -0.1) is 0 Å². The standard InChI is InChI=1S/C11H19N3/c1-8-9(13-14(3)10(8)12)4-5-11(2)6-7-11/h4-7,12H2,1-3H3. The Kier molecular flexibility index (Phi) is 2.05. The minimum atomic E-state index is 0.610. The van der Waals surface area contributed by atoms with E-state index in [9.17, 15) is 0 Å². The lowest BCUT2D eigenvalue weighted by molar-refractivity contribution is 0.511. The first-order valence-corrected chi connectivity index (χ1v) is 5.30. The molecule has 0 spiro atoms. The largest absolute Gasteiger partial charge is 0.384 e. The molecule has 3 heteroatoms. The lowest BCUT2D eigenvalue weighted by atomic mass is 10.0. The van der Waals surface area contributed by atoms with Gasteiger partial charge in [-0.05, 0) is 38.0 Å². The van der Waals surface area contributed by atoms with E-state index in [1.54, 1.807) is 4.68 Å². The van der Waals surface area contributed by atoms with Crippen molar-refractivity contribution in [3.63, 3.8) is 0 Å². The molecule has 78 valence electrons. The van der Waals surface area contributed by atoms with Crippen LogP contribution in [0.1, 0.15) is 37.4 Å². The van der Waals surface area contributed by atoms with Gasteiger partial charge in [0.2, 0.25) is 0 Å². The molecule has 0 unspecified atom stereocenters. The first-order chi connectivity index (χ1) is 6.52. The normalized spacial score (nSPS) is 18.5. The molecule has 0 saturated heterocycles. The highest BCUT2D eigenvalue weighted by Crippen LogP contribution is 2.48. The molecule has 1 aliphatic carbocycles. The Hall–Kier alpha value is -0.990. The molecular weight excluding hydrogens is 174 g/mol. The molecule has 0 aromatic carbocycles. The number of aryl methyl sites for hydroxylation is 2. The van der Waals surface area contributed by atoms with E-state index in [0.29, 0.717) is 5.41 Å². The molecule has 1 heterocycles. The number of rotatable bonds is 3. The van der Waals surface area contributed by atoms with Gasteiger partial charge >= 0.3 is 0 Å². The van der Waals surface area contributed by atoms with Gasteiger partial charge in [-0.1, -0.05) is 6.92 Å². The fourth-order valence-electron chi connectivity index (χ4n) is 1.82. The number of nitrogens with two attached hydrogens (primary N) is 1. The zero-order chi connectivity index (χ0) is 10.3. The second-order valence-corrected chi connectivity index (χ2v) is 4.89. The van der Waals surface area contributed by atoms with Crippen molar-refractivity contribution in [1.29, 1.82) is 0 Å². The lowest BCUT2D eigenvalue weighted by Gasteiger charge is -2.05. The monoisotopic (exact) mass is 193 g/mol. The van der Waals surface area contributed by atoms with Crippen LogP contribution in [-0.2, 0) is 13.5 Å². The maximum absolute atomic E-state index is 5.86. The van der Waals surface area contributed by atoms with Crippen LogP contribution >= 0.6 is 0 Å². The van der Waals surface area contributed by atoms with E-state index < -0.39 is 0 Å². The van der Waals surface area contributed by atoms with E-state index in [2.05, 4.69) is 18.9 Å². The van der Waals surface area contributed by atoms with Crippen LogP contribution in [0.5, 0.6) is 0 Å². The van der Waals surface area contributed by atoms with Crippen LogP contribution < -0.4 is 5.73 Å². The summed E-state index contributed by atoms with van der Waals surface area (Å²) in [6, 6.07) is 0. The summed E-state index contributed by atoms with van der Waals surface area (Å²) in [5, 5.41) is 4.43. The van der Waals surface area contributed by atoms with Crippen molar-refractivity contribution >= 4 is 5.82 Å². The molecule has 0 amide bonds. The number of hydrogen-bond donors (Lipinski definition) is 1. The van der Waals surface area contributed by atoms with E-state index in [4.69, 9.17) is 5.73 Å². The number of hydrogen-bond acceptors (Lipinski definition) is 2. The average molecular weight is 193 g/mol. The maximum Gasteiger partial charge on any atom is 0.124 e. The van der Waals surface area contributed by atoms with Crippen molar-refractivity contribution in [3.05, 3.63) is 11.3 Å². The smallest absolute Gasteiger partial charge is 0.124 e. The van der Waals surface area contributed by atoms with E-state index in [1.165, 1.54) is 25.0 Å². The second-order valence-electron chi connectivity index (χ2n) is 4.89. The van der Waals surface area contributed by atoms with Crippen LogP contribution in [0.2, 0.25) is 0 Å². The van der Waals surface area contributed by atoms with Gasteiger partial charge in [-0.2, -0.15) is 5.10 Å². The summed E-state index contributed by atoms with van der Waals surface area (Å²) >= 11 is 0. The van der Waals surface area contributed by atoms with E-state index >= 15 is 0 Å². The second kappa shape index (κ2) is 3.01. The molecule has 14 heavy (non-hydrogen) atoms. The van der Waals surface area contributed by atoms with Crippen molar-refractivity contribution < 1.29 is 0 Å². The van der Waals surface area contributed by atoms with Crippen LogP contribution in [0.4, 0.5) is 5.82 Å². The summed E-state index contributed by atoms with van der Waals surface area (Å²) in [4.78, 5) is 0. The molecular formula is C11H19N3. The first-order valence-electron chi connectivity index (χ1n) is 5.30. The minimum Gasteiger partial charge on any atom is -0.384 e. The predicted molar refractivity (Wildman–Crippen MR) is 58.0 cm³/mol. The molecule has 1 saturated carbocycles. The third-order valence-electron chi connectivity index (χ3n) is 3.51. The predicted octanol–water partition coefficient (Wildman–Crippen LogP) is 2.04. The molecule has 0 aliphatic heterocycles. The fraction of sp³-hybridized carbons (Fsp3) is 0.727. The third kappa shape index (κ3) is 1.63. The van der Waals surface area contributed by atoms with Crippen molar-refractivity contribution in [3.8, 4) is 0 Å². The SMILES string of the molecule is Cc1c(CCC2(C)CC2)nn(C)c1N. The molecule has 1 fully saturated rings. The number of nitrogens with zero attached hydrogens (tertiary/aromatic N) is 2. The quantitative estimate of drug-likeness (QED) is 0.798. The summed E-state index contributed by atoms with van der Waals surface area (Å²) in [6.07, 6.45) is 5.10. The average Bonchev–Trinajstić information content (AvgIpc) is 2.83. The van der Waals surface area contributed by atoms with Gasteiger partial charge < -0.3 is 5.73 Å². The van der Waals surface area contributed by atoms with Gasteiger partial charge in [-0.25, -0.2) is 0 Å². The third-order valence-corrected chi connectivity index (χ3v) is 3.51. The summed E-state index contributed by atoms with van der Waals surface area (Å²) in [5.74, 6) is 0.806. The Balaban J connectivity index is 2.05. The van der Waals surface area contributed by atoms with Crippen molar-refractivity contribution in [1.82, 2.24) is 9.78 Å². The molecule has 1 aromatic rings. The van der Waals surface area contributed by atoms with Gasteiger partial charge in [0.1, 0.15) is 5.82 Å². The lowest BCUT2D eigenvalue weighted by Crippen LogP contribution is -1.99. The van der Waals surface area contributed by atoms with Crippen molar-refractivity contribution in [2.75, 3.05) is 5.73 Å². The summed E-state index contributed by atoms with van der Waals surface area (Å²) in [6.45, 7) is 4.42. The van der Waals surface area contributed by atoms with Crippen LogP contribution in [0.15, 0.2) is 0 Å². The van der Waals surface area contributed by atoms with Crippen LogP contribution in [0.3, 0.4) is 0 Å². The zero-order valence-electron chi connectivity index (χ0n) is 9.30. The fourth-order valence-corrected chi connectivity index (χ4v) is 1.82. The highest BCUT2D eigenvalue weighted by Gasteiger charge is 2.36. The molecule has 2 rings (SSSR count). The molecule has 1 aliphatic rings. The summed E-state index contributed by atoms with van der Waals surface area (Å²) in [5.41, 5.74) is 8.81. The van der Waals surface area contributed by atoms with E-state index in [0.717, 1.165) is 17.8 Å². The molecule has 0 atom stereocenters. The molecule has 0 bridgehead atoms. The number of anilines is 1. The van der Waals surface area contributed by atoms with Gasteiger partial charge in [0, 0.05) is 12.6 Å². The van der Waals surface area contributed by atoms with Crippen LogP contribution in [0, 0.1) is 12.3 Å². The number of nitrogen functional groups attached to an aromatic ring is 1. The Labute approximate surface area is 85.3 Å². The molecule has 3 nitrogen and oxygen atoms in total. The minimum absolute atomic E-state index is 0.610. The van der Waals surface area contributed by atoms with Gasteiger partial charge in [0.25, 0.3) is 0 Å². The van der Waals surface area contributed by atoms with Gasteiger partial charge in [-0.3, -0.25) is 4.68 Å². The van der Waals surface area contributed by atoms with E-state index in [-0.39, 0.29) is 0 Å². The molecule has 2 N–H and O–H groups in total. The van der Waals surface area contributed by atoms with Crippen LogP contribution in [0.25, 0.3) is 0 Å². The Morgan fingerprint density at radius 1 is 1.50 bits per heavy atom. The highest BCUT2D eigenvalue weighted by molar-refractivity contribution is 5.42. The van der Waals surface area contributed by atoms with Gasteiger partial charge in [0.05, 0.1) is 5.69 Å². The Morgan fingerprint density at radius 2 is 2.14 bits per heavy atom. The first kappa shape index (κ1) is 9.56. The highest BCUT2D eigenvalue weighted by atomic mass is 15.3. The van der Waals surface area contributed by atoms with Gasteiger partial charge in [0.15, 0.2) is 0 Å². The van der Waals surface area contributed by atoms with Crippen molar-refractivity contribution in [2.45, 2.75) is 39.5 Å². The zero-order valence-corrected chi connectivity index (χ0v) is 9.30. The summed E-state index contributed by atoms with van der Waals surface area (Å²) in [7, 11) is 1.91. The van der Waals surface area contributed by atoms with E-state index in [1.807, 2.05) is 7.05 Å². The topological polar surface area (TPSA) is 43.8 Å². The maximum atomic E-state index is 5.86. The molecule has 0 radical (unpaired) electrons. The molecule has 1 aromatic heterocycles. The van der Waals surface area contributed by atoms with Crippen LogP contribution in [-0.4, -0.2) is 9.78 Å².